The number of rotatable bonds is 7. The molecule has 1 aromatic heterocycles. The molecular weight excluding hydrogens is 476 g/mol. The number of anilines is 2. The molecule has 10 nitrogen and oxygen atoms in total. The summed E-state index contributed by atoms with van der Waals surface area (Å²) in [7, 11) is 1.38. The van der Waals surface area contributed by atoms with E-state index in [1.807, 2.05) is 0 Å². The Morgan fingerprint density at radius 2 is 1.74 bits per heavy atom. The van der Waals surface area contributed by atoms with E-state index in [-0.39, 0.29) is 23.7 Å². The Labute approximate surface area is 199 Å². The number of aromatic nitrogens is 1. The number of halogens is 3. The van der Waals surface area contributed by atoms with Crippen LogP contribution < -0.4 is 20.9 Å². The molecule has 0 unspecified atom stereocenters. The first kappa shape index (κ1) is 26.6. The molecule has 3 amide bonds. The molecule has 184 valence electrons. The number of alkyl halides is 3. The number of hydrogen-bond donors (Lipinski definition) is 3. The Morgan fingerprint density at radius 3 is 2.32 bits per heavy atom. The summed E-state index contributed by atoms with van der Waals surface area (Å²) < 4.78 is 34.8. The largest absolute Gasteiger partial charge is 0.487 e. The first-order chi connectivity index (χ1) is 15.7. The van der Waals surface area contributed by atoms with Crippen molar-refractivity contribution >= 4 is 41.0 Å². The summed E-state index contributed by atoms with van der Waals surface area (Å²) in [5, 5.41) is 2.87. The van der Waals surface area contributed by atoms with Crippen molar-refractivity contribution in [3.8, 4) is 5.75 Å². The summed E-state index contributed by atoms with van der Waals surface area (Å²) in [6, 6.07) is 8.31. The van der Waals surface area contributed by atoms with E-state index in [4.69, 9.17) is 16.3 Å². The van der Waals surface area contributed by atoms with E-state index in [0.29, 0.717) is 5.69 Å². The van der Waals surface area contributed by atoms with Crippen LogP contribution in [-0.4, -0.2) is 52.6 Å². The molecule has 1 aromatic carbocycles. The fraction of sp³-hybridized carbons (Fsp3) is 0.333. The monoisotopic (exact) mass is 499 g/mol. The molecule has 0 aliphatic heterocycles. The van der Waals surface area contributed by atoms with E-state index in [2.05, 4.69) is 25.9 Å². The van der Waals surface area contributed by atoms with Gasteiger partial charge in [0.2, 0.25) is 0 Å². The maximum atomic E-state index is 12.7. The number of carbonyl (C=O) groups excluding carboxylic acids is 3. The summed E-state index contributed by atoms with van der Waals surface area (Å²) in [5.74, 6) is -1.38. The van der Waals surface area contributed by atoms with Gasteiger partial charge in [0.05, 0.1) is 5.56 Å². The van der Waals surface area contributed by atoms with Crippen LogP contribution in [0.3, 0.4) is 0 Å². The van der Waals surface area contributed by atoms with Crippen LogP contribution in [0, 0.1) is 0 Å². The van der Waals surface area contributed by atoms with E-state index in [1.54, 1.807) is 20.8 Å². The number of nitrogens with one attached hydrogen (secondary N) is 3. The van der Waals surface area contributed by atoms with Crippen LogP contribution >= 0.6 is 11.6 Å². The van der Waals surface area contributed by atoms with E-state index >= 15 is 0 Å². The minimum absolute atomic E-state index is 0.0796. The lowest BCUT2D eigenvalue weighted by Gasteiger charge is -2.24. The molecule has 3 N–H and O–H groups in total. The minimum Gasteiger partial charge on any atom is -0.444 e. The van der Waals surface area contributed by atoms with Gasteiger partial charge in [-0.05, 0) is 57.2 Å². The van der Waals surface area contributed by atoms with E-state index < -0.39 is 29.1 Å². The Balaban J connectivity index is 1.96. The van der Waals surface area contributed by atoms with Gasteiger partial charge in [-0.25, -0.2) is 9.78 Å². The highest BCUT2D eigenvalue weighted by atomic mass is 35.5. The molecule has 34 heavy (non-hydrogen) atoms. The first-order valence-electron chi connectivity index (χ1n) is 9.84. The van der Waals surface area contributed by atoms with Gasteiger partial charge in [0.25, 0.3) is 11.8 Å². The van der Waals surface area contributed by atoms with Gasteiger partial charge >= 0.3 is 11.7 Å². The third-order valence-electron chi connectivity index (χ3n) is 3.80. The van der Waals surface area contributed by atoms with E-state index in [9.17, 15) is 23.2 Å². The van der Waals surface area contributed by atoms with Crippen molar-refractivity contribution in [2.24, 2.45) is 0 Å². The van der Waals surface area contributed by atoms with Gasteiger partial charge in [-0.15, -0.1) is 8.78 Å². The second-order valence-electron chi connectivity index (χ2n) is 7.94. The Hall–Kier alpha value is -3.67. The molecule has 0 saturated heterocycles. The molecule has 2 aromatic rings. The van der Waals surface area contributed by atoms with E-state index in [0.717, 1.165) is 4.90 Å². The summed E-state index contributed by atoms with van der Waals surface area (Å²) in [5.41, 5.74) is 0.381. The van der Waals surface area contributed by atoms with Gasteiger partial charge in [0.15, 0.2) is 0 Å². The molecule has 0 saturated carbocycles. The minimum atomic E-state index is -3.84. The maximum Gasteiger partial charge on any atom is 0.487 e. The predicted octanol–water partition coefficient (Wildman–Crippen LogP) is 3.62. The highest BCUT2D eigenvalue weighted by Gasteiger charge is 2.27. The van der Waals surface area contributed by atoms with Crippen LogP contribution in [0.5, 0.6) is 5.75 Å². The summed E-state index contributed by atoms with van der Waals surface area (Å²) in [6.45, 7) is 4.72. The number of amides is 3. The van der Waals surface area contributed by atoms with Crippen molar-refractivity contribution in [3.05, 3.63) is 48.2 Å². The summed E-state index contributed by atoms with van der Waals surface area (Å²) in [6.07, 6.45) is 0.734. The summed E-state index contributed by atoms with van der Waals surface area (Å²) in [4.78, 5) is 41.7. The predicted molar refractivity (Wildman–Crippen MR) is 120 cm³/mol. The molecule has 0 spiro atoms. The quantitative estimate of drug-likeness (QED) is 0.393. The number of pyridine rings is 1. The van der Waals surface area contributed by atoms with Crippen LogP contribution in [0.15, 0.2) is 42.6 Å². The highest BCUT2D eigenvalue weighted by Crippen LogP contribution is 2.27. The zero-order valence-corrected chi connectivity index (χ0v) is 19.6. The molecule has 0 aliphatic rings. The molecule has 0 fully saturated rings. The number of likely N-dealkylation sites (N-methyl/N-ethyl adjacent to an activating group) is 1. The first-order valence-corrected chi connectivity index (χ1v) is 10.2. The molecule has 0 bridgehead atoms. The van der Waals surface area contributed by atoms with Gasteiger partial charge in [-0.2, -0.15) is 0 Å². The Morgan fingerprint density at radius 1 is 1.09 bits per heavy atom. The topological polar surface area (TPSA) is 122 Å². The van der Waals surface area contributed by atoms with Crippen molar-refractivity contribution in [1.82, 2.24) is 20.7 Å². The summed E-state index contributed by atoms with van der Waals surface area (Å²) >= 11 is 4.73. The lowest BCUT2D eigenvalue weighted by molar-refractivity contribution is -0.122. The molecule has 1 heterocycles. The fourth-order valence-electron chi connectivity index (χ4n) is 2.42. The number of carbonyl (C=O) groups is 3. The molecular formula is C21H24ClF2N5O5. The number of ether oxygens (including phenoxy) is 2. The third kappa shape index (κ3) is 9.06. The molecule has 2 rings (SSSR count). The number of hydrogen-bond acceptors (Lipinski definition) is 7. The van der Waals surface area contributed by atoms with Gasteiger partial charge in [-0.1, -0.05) is 0 Å². The van der Waals surface area contributed by atoms with Gasteiger partial charge < -0.3 is 19.7 Å². The van der Waals surface area contributed by atoms with Crippen molar-refractivity contribution < 1.29 is 32.6 Å². The van der Waals surface area contributed by atoms with Crippen molar-refractivity contribution in [3.63, 3.8) is 0 Å². The van der Waals surface area contributed by atoms with Crippen molar-refractivity contribution in [1.29, 1.82) is 0 Å². The maximum absolute atomic E-state index is 12.7. The highest BCUT2D eigenvalue weighted by molar-refractivity contribution is 6.20. The van der Waals surface area contributed by atoms with Crippen LogP contribution in [0.25, 0.3) is 0 Å². The van der Waals surface area contributed by atoms with Crippen LogP contribution in [0.2, 0.25) is 0 Å². The molecule has 0 aliphatic carbocycles. The lowest BCUT2D eigenvalue weighted by Crippen LogP contribution is -2.47. The zero-order valence-electron chi connectivity index (χ0n) is 18.8. The third-order valence-corrected chi connectivity index (χ3v) is 3.88. The average Bonchev–Trinajstić information content (AvgIpc) is 2.71. The van der Waals surface area contributed by atoms with E-state index in [1.165, 1.54) is 49.6 Å². The number of hydrazine groups is 1. The van der Waals surface area contributed by atoms with Crippen molar-refractivity contribution in [2.45, 2.75) is 31.9 Å². The smallest absolute Gasteiger partial charge is 0.444 e. The van der Waals surface area contributed by atoms with Crippen LogP contribution in [-0.2, 0) is 9.53 Å². The van der Waals surface area contributed by atoms with Gasteiger partial charge in [0, 0.05) is 30.5 Å². The Bertz CT molecular complexity index is 1030. The van der Waals surface area contributed by atoms with Crippen LogP contribution in [0.1, 0.15) is 31.1 Å². The normalized spacial score (nSPS) is 11.3. The number of nitrogens with zero attached hydrogens (tertiary/aromatic N) is 2. The standard InChI is InChI=1S/C21H24ClF2N5O5/c1-20(2,3)34-19(32)29(4)12-16(30)27-28-18(31)15-6-5-11-25-17(15)26-13-7-9-14(10-8-13)33-21(22,23)24/h5-11H,12H2,1-4H3,(H,25,26)(H,27,30)(H,28,31). The lowest BCUT2D eigenvalue weighted by atomic mass is 10.2. The van der Waals surface area contributed by atoms with Gasteiger partial charge in [-0.3, -0.25) is 20.4 Å². The van der Waals surface area contributed by atoms with Crippen LogP contribution in [0.4, 0.5) is 25.1 Å². The second kappa shape index (κ2) is 11.0. The number of benzene rings is 1. The molecule has 13 heteroatoms. The SMILES string of the molecule is CN(CC(=O)NNC(=O)c1cccnc1Nc1ccc(OC(F)(F)Cl)cc1)C(=O)OC(C)(C)C. The van der Waals surface area contributed by atoms with Crippen molar-refractivity contribution in [2.75, 3.05) is 18.9 Å². The second-order valence-corrected chi connectivity index (χ2v) is 8.38. The molecule has 0 atom stereocenters. The van der Waals surface area contributed by atoms with Gasteiger partial charge in [0.1, 0.15) is 23.7 Å². The average molecular weight is 500 g/mol. The molecule has 0 radical (unpaired) electrons. The Kier molecular flexibility index (Phi) is 8.57. The zero-order chi connectivity index (χ0) is 25.5. The fourth-order valence-corrected chi connectivity index (χ4v) is 2.51.